The van der Waals surface area contributed by atoms with Crippen molar-refractivity contribution in [1.82, 2.24) is 5.16 Å². The largest absolute Gasteiger partial charge is 0.507 e. The molecule has 1 unspecified atom stereocenters. The van der Waals surface area contributed by atoms with Gasteiger partial charge in [-0.3, -0.25) is 14.5 Å². The van der Waals surface area contributed by atoms with Gasteiger partial charge in [-0.05, 0) is 43.0 Å². The summed E-state index contributed by atoms with van der Waals surface area (Å²) in [6.07, 6.45) is 6.48. The maximum Gasteiger partial charge on any atom is 0.299 e. The molecule has 1 aromatic heterocycles. The number of amides is 1. The number of aliphatic hydroxyl groups is 1. The summed E-state index contributed by atoms with van der Waals surface area (Å²) in [4.78, 5) is 28.2. The summed E-state index contributed by atoms with van der Waals surface area (Å²) >= 11 is 0. The van der Waals surface area contributed by atoms with Crippen molar-refractivity contribution in [3.8, 4) is 17.0 Å². The van der Waals surface area contributed by atoms with E-state index in [2.05, 4.69) is 5.16 Å². The number of methoxy groups -OCH3 is 1. The van der Waals surface area contributed by atoms with Gasteiger partial charge in [0.25, 0.3) is 11.7 Å². The van der Waals surface area contributed by atoms with Crippen molar-refractivity contribution >= 4 is 23.1 Å². The van der Waals surface area contributed by atoms with E-state index in [1.165, 1.54) is 13.4 Å². The van der Waals surface area contributed by atoms with Gasteiger partial charge in [-0.25, -0.2) is 0 Å². The summed E-state index contributed by atoms with van der Waals surface area (Å²) in [7, 11) is 1.51. The van der Waals surface area contributed by atoms with Crippen molar-refractivity contribution < 1.29 is 24.0 Å². The quantitative estimate of drug-likeness (QED) is 0.322. The Balaban J connectivity index is 1.61. The van der Waals surface area contributed by atoms with Gasteiger partial charge in [-0.15, -0.1) is 0 Å². The van der Waals surface area contributed by atoms with Gasteiger partial charge in [0.15, 0.2) is 0 Å². The van der Waals surface area contributed by atoms with Crippen LogP contribution in [0.3, 0.4) is 0 Å². The number of anilines is 1. The van der Waals surface area contributed by atoms with E-state index in [9.17, 15) is 14.7 Å². The van der Waals surface area contributed by atoms with E-state index in [0.717, 1.165) is 37.7 Å². The Morgan fingerprint density at radius 3 is 2.44 bits per heavy atom. The van der Waals surface area contributed by atoms with Gasteiger partial charge in [-0.2, -0.15) is 0 Å². The lowest BCUT2D eigenvalue weighted by Crippen LogP contribution is -2.40. The van der Waals surface area contributed by atoms with Crippen molar-refractivity contribution in [3.05, 3.63) is 72.0 Å². The third-order valence-electron chi connectivity index (χ3n) is 6.82. The van der Waals surface area contributed by atoms with E-state index >= 15 is 0 Å². The lowest BCUT2D eigenvalue weighted by Gasteiger charge is -2.34. The van der Waals surface area contributed by atoms with Gasteiger partial charge in [0.2, 0.25) is 0 Å². The van der Waals surface area contributed by atoms with E-state index in [-0.39, 0.29) is 17.3 Å². The molecule has 1 saturated heterocycles. The van der Waals surface area contributed by atoms with Crippen molar-refractivity contribution in [3.63, 3.8) is 0 Å². The second-order valence-corrected chi connectivity index (χ2v) is 8.74. The fourth-order valence-electron chi connectivity index (χ4n) is 5.18. The Labute approximate surface area is 197 Å². The molecule has 0 bridgehead atoms. The number of hydrogen-bond acceptors (Lipinski definition) is 6. The topological polar surface area (TPSA) is 92.9 Å². The minimum atomic E-state index is -0.667. The molecule has 0 spiro atoms. The minimum Gasteiger partial charge on any atom is -0.507 e. The van der Waals surface area contributed by atoms with Crippen LogP contribution in [0.25, 0.3) is 17.0 Å². The average Bonchev–Trinajstić information content (AvgIpc) is 3.51. The summed E-state index contributed by atoms with van der Waals surface area (Å²) in [5.41, 5.74) is 2.71. The molecular weight excluding hydrogens is 432 g/mol. The second kappa shape index (κ2) is 9.17. The average molecular weight is 459 g/mol. The normalized spacial score (nSPS) is 20.6. The number of ether oxygens (including phenoxy) is 1. The molecule has 34 heavy (non-hydrogen) atoms. The molecule has 1 aliphatic heterocycles. The number of rotatable bonds is 5. The number of benzene rings is 2. The lowest BCUT2D eigenvalue weighted by molar-refractivity contribution is -0.132. The van der Waals surface area contributed by atoms with E-state index < -0.39 is 17.7 Å². The number of ketones is 1. The molecule has 2 aromatic carbocycles. The Hall–Kier alpha value is -3.87. The maximum atomic E-state index is 13.3. The molecule has 1 N–H and O–H groups in total. The van der Waals surface area contributed by atoms with Gasteiger partial charge >= 0.3 is 0 Å². The Morgan fingerprint density at radius 1 is 1.03 bits per heavy atom. The highest BCUT2D eigenvalue weighted by molar-refractivity contribution is 6.51. The van der Waals surface area contributed by atoms with Crippen molar-refractivity contribution in [2.75, 3.05) is 12.0 Å². The number of nitrogens with zero attached hydrogens (tertiary/aromatic N) is 2. The van der Waals surface area contributed by atoms with Crippen molar-refractivity contribution in [1.29, 1.82) is 0 Å². The first-order chi connectivity index (χ1) is 16.6. The summed E-state index contributed by atoms with van der Waals surface area (Å²) in [5.74, 6) is -0.953. The Morgan fingerprint density at radius 2 is 1.76 bits per heavy atom. The van der Waals surface area contributed by atoms with Crippen LogP contribution in [-0.2, 0) is 9.59 Å². The SMILES string of the molecule is COc1ccccc1/C(O)=C1/C(=O)C(=O)N(c2ccc(-c3ccon3)cc2)C1C1CCCCC1. The fourth-order valence-corrected chi connectivity index (χ4v) is 5.18. The number of aliphatic hydroxyl groups excluding tert-OH is 1. The second-order valence-electron chi connectivity index (χ2n) is 8.74. The van der Waals surface area contributed by atoms with Crippen LogP contribution >= 0.6 is 0 Å². The molecule has 7 heteroatoms. The molecule has 2 heterocycles. The van der Waals surface area contributed by atoms with Crippen molar-refractivity contribution in [2.24, 2.45) is 5.92 Å². The molecular formula is C27H26N2O5. The predicted octanol–water partition coefficient (Wildman–Crippen LogP) is 5.18. The first-order valence-corrected chi connectivity index (χ1v) is 11.6. The smallest absolute Gasteiger partial charge is 0.299 e. The Bertz CT molecular complexity index is 1220. The third-order valence-corrected chi connectivity index (χ3v) is 6.82. The van der Waals surface area contributed by atoms with Gasteiger partial charge in [-0.1, -0.05) is 48.7 Å². The van der Waals surface area contributed by atoms with Gasteiger partial charge in [0.1, 0.15) is 23.5 Å². The summed E-state index contributed by atoms with van der Waals surface area (Å²) in [6, 6.07) is 15.5. The maximum absolute atomic E-state index is 13.3. The first-order valence-electron chi connectivity index (χ1n) is 11.6. The van der Waals surface area contributed by atoms with Gasteiger partial charge < -0.3 is 14.4 Å². The number of para-hydroxylation sites is 1. The number of hydrogen-bond donors (Lipinski definition) is 1. The standard InChI is InChI=1S/C27H26N2O5/c1-33-22-10-6-5-9-20(22)25(30)23-24(18-7-3-2-4-8-18)29(27(32)26(23)31)19-13-11-17(12-14-19)21-15-16-34-28-21/h5-6,9-16,18,24,30H,2-4,7-8H2,1H3/b25-23-. The monoisotopic (exact) mass is 458 g/mol. The van der Waals surface area contributed by atoms with E-state index in [4.69, 9.17) is 9.26 Å². The predicted molar refractivity (Wildman–Crippen MR) is 127 cm³/mol. The van der Waals surface area contributed by atoms with Crippen molar-refractivity contribution in [2.45, 2.75) is 38.1 Å². The van der Waals surface area contributed by atoms with Crippen LogP contribution in [0.1, 0.15) is 37.7 Å². The molecule has 1 atom stereocenters. The van der Waals surface area contributed by atoms with Crippen LogP contribution in [0, 0.1) is 5.92 Å². The van der Waals surface area contributed by atoms with E-state index in [1.54, 1.807) is 35.2 Å². The summed E-state index contributed by atoms with van der Waals surface area (Å²) in [6.45, 7) is 0. The highest BCUT2D eigenvalue weighted by Gasteiger charge is 2.49. The summed E-state index contributed by atoms with van der Waals surface area (Å²) < 4.78 is 10.3. The Kier molecular flexibility index (Phi) is 5.92. The van der Waals surface area contributed by atoms with Crippen LogP contribution in [-0.4, -0.2) is 35.1 Å². The molecule has 5 rings (SSSR count). The van der Waals surface area contributed by atoms with E-state index in [1.807, 2.05) is 24.3 Å². The van der Waals surface area contributed by atoms with Crippen LogP contribution in [0.5, 0.6) is 5.75 Å². The highest BCUT2D eigenvalue weighted by Crippen LogP contribution is 2.42. The molecule has 1 amide bonds. The summed E-state index contributed by atoms with van der Waals surface area (Å²) in [5, 5.41) is 15.3. The molecule has 1 saturated carbocycles. The number of aromatic nitrogens is 1. The molecule has 7 nitrogen and oxygen atoms in total. The van der Waals surface area contributed by atoms with Gasteiger partial charge in [0, 0.05) is 17.3 Å². The third kappa shape index (κ3) is 3.77. The number of carbonyl (C=O) groups is 2. The van der Waals surface area contributed by atoms with Crippen LogP contribution in [0.2, 0.25) is 0 Å². The zero-order valence-corrected chi connectivity index (χ0v) is 18.9. The fraction of sp³-hybridized carbons (Fsp3) is 0.296. The molecule has 0 radical (unpaired) electrons. The van der Waals surface area contributed by atoms with E-state index in [0.29, 0.717) is 22.7 Å². The molecule has 3 aromatic rings. The lowest BCUT2D eigenvalue weighted by atomic mass is 9.80. The van der Waals surface area contributed by atoms with Crippen LogP contribution in [0.15, 0.2) is 71.0 Å². The first kappa shape index (κ1) is 21.9. The van der Waals surface area contributed by atoms with Gasteiger partial charge in [0.05, 0.1) is 24.3 Å². The zero-order chi connectivity index (χ0) is 23.7. The molecule has 2 aliphatic rings. The number of carbonyl (C=O) groups excluding carboxylic acids is 2. The molecule has 2 fully saturated rings. The minimum absolute atomic E-state index is 0.0752. The highest BCUT2D eigenvalue weighted by atomic mass is 16.5. The number of Topliss-reactive ketones (excluding diaryl/α,β-unsaturated/α-hetero) is 1. The zero-order valence-electron chi connectivity index (χ0n) is 18.9. The molecule has 174 valence electrons. The van der Waals surface area contributed by atoms with Crippen LogP contribution in [0.4, 0.5) is 5.69 Å². The van der Waals surface area contributed by atoms with Crippen LogP contribution < -0.4 is 9.64 Å². The molecule has 1 aliphatic carbocycles.